The Labute approximate surface area is 103 Å². The lowest BCUT2D eigenvalue weighted by molar-refractivity contribution is 0.00531. The molecule has 1 N–H and O–H groups in total. The van der Waals surface area contributed by atoms with E-state index in [0.29, 0.717) is 26.4 Å². The Kier molecular flexibility index (Phi) is 6.86. The van der Waals surface area contributed by atoms with E-state index >= 15 is 0 Å². The van der Waals surface area contributed by atoms with Gasteiger partial charge in [-0.05, 0) is 24.5 Å². The van der Waals surface area contributed by atoms with E-state index in [9.17, 15) is 5.11 Å². The second kappa shape index (κ2) is 8.23. The highest BCUT2D eigenvalue weighted by molar-refractivity contribution is 5.24. The molecule has 96 valence electrons. The Bertz CT molecular complexity index is 295. The van der Waals surface area contributed by atoms with E-state index < -0.39 is 6.10 Å². The molecule has 0 fully saturated rings. The molecule has 3 heteroatoms. The summed E-state index contributed by atoms with van der Waals surface area (Å²) in [5.74, 6) is 0. The zero-order valence-corrected chi connectivity index (χ0v) is 10.7. The summed E-state index contributed by atoms with van der Waals surface area (Å²) in [6.45, 7) is 6.19. The van der Waals surface area contributed by atoms with Crippen LogP contribution in [0.25, 0.3) is 0 Å². The molecule has 0 aliphatic rings. The predicted octanol–water partition coefficient (Wildman–Crippen LogP) is 2.34. The molecule has 0 heterocycles. The Morgan fingerprint density at radius 3 is 2.29 bits per heavy atom. The van der Waals surface area contributed by atoms with Crippen molar-refractivity contribution >= 4 is 0 Å². The van der Waals surface area contributed by atoms with Crippen molar-refractivity contribution in [2.45, 2.75) is 26.4 Å². The van der Waals surface area contributed by atoms with Gasteiger partial charge in [0, 0.05) is 6.61 Å². The van der Waals surface area contributed by atoms with Gasteiger partial charge in [-0.25, -0.2) is 0 Å². The van der Waals surface area contributed by atoms with Crippen molar-refractivity contribution in [1.29, 1.82) is 0 Å². The van der Waals surface area contributed by atoms with Gasteiger partial charge in [0.1, 0.15) is 6.10 Å². The summed E-state index contributed by atoms with van der Waals surface area (Å²) in [7, 11) is 0. The van der Waals surface area contributed by atoms with Gasteiger partial charge in [0.25, 0.3) is 0 Å². The van der Waals surface area contributed by atoms with Crippen molar-refractivity contribution in [3.05, 3.63) is 35.4 Å². The smallest absolute Gasteiger partial charge is 0.102 e. The number of aryl methyl sites for hydroxylation is 1. The minimum atomic E-state index is -0.553. The van der Waals surface area contributed by atoms with Crippen molar-refractivity contribution in [3.63, 3.8) is 0 Å². The molecule has 0 radical (unpaired) electrons. The Hall–Kier alpha value is -0.900. The van der Waals surface area contributed by atoms with Gasteiger partial charge in [0.05, 0.1) is 19.8 Å². The van der Waals surface area contributed by atoms with Crippen LogP contribution in [0.4, 0.5) is 0 Å². The fourth-order valence-corrected chi connectivity index (χ4v) is 1.53. The maximum absolute atomic E-state index is 9.87. The van der Waals surface area contributed by atoms with Gasteiger partial charge in [-0.2, -0.15) is 0 Å². The number of aliphatic hydroxyl groups is 1. The summed E-state index contributed by atoms with van der Waals surface area (Å²) in [5.41, 5.74) is 2.18. The molecule has 0 spiro atoms. The standard InChI is InChI=1S/C14H22O3/c1-3-12-5-7-13(8-6-12)14(15)11-17-10-9-16-4-2/h5-8,14-15H,3-4,9-11H2,1-2H3. The van der Waals surface area contributed by atoms with Crippen LogP contribution in [-0.2, 0) is 15.9 Å². The highest BCUT2D eigenvalue weighted by Crippen LogP contribution is 2.14. The predicted molar refractivity (Wildman–Crippen MR) is 68.1 cm³/mol. The molecule has 0 bridgehead atoms. The first-order chi connectivity index (χ1) is 8.27. The summed E-state index contributed by atoms with van der Waals surface area (Å²) in [6, 6.07) is 7.99. The summed E-state index contributed by atoms with van der Waals surface area (Å²) in [4.78, 5) is 0. The number of rotatable bonds is 8. The molecule has 0 aromatic heterocycles. The molecule has 1 rings (SSSR count). The third-order valence-electron chi connectivity index (χ3n) is 2.62. The lowest BCUT2D eigenvalue weighted by Crippen LogP contribution is -2.11. The van der Waals surface area contributed by atoms with Crippen molar-refractivity contribution in [1.82, 2.24) is 0 Å². The zero-order valence-electron chi connectivity index (χ0n) is 10.7. The molecule has 0 saturated heterocycles. The Morgan fingerprint density at radius 1 is 1.06 bits per heavy atom. The number of hydrogen-bond acceptors (Lipinski definition) is 3. The van der Waals surface area contributed by atoms with Crippen LogP contribution in [0, 0.1) is 0 Å². The van der Waals surface area contributed by atoms with Crippen LogP contribution in [0.15, 0.2) is 24.3 Å². The summed E-state index contributed by atoms with van der Waals surface area (Å²) in [5, 5.41) is 9.87. The number of ether oxygens (including phenoxy) is 2. The maximum atomic E-state index is 9.87. The third-order valence-corrected chi connectivity index (χ3v) is 2.62. The molecule has 0 aliphatic carbocycles. The highest BCUT2D eigenvalue weighted by Gasteiger charge is 2.07. The molecule has 1 atom stereocenters. The van der Waals surface area contributed by atoms with E-state index in [2.05, 4.69) is 6.92 Å². The Morgan fingerprint density at radius 2 is 1.71 bits per heavy atom. The van der Waals surface area contributed by atoms with Crippen LogP contribution in [0.5, 0.6) is 0 Å². The van der Waals surface area contributed by atoms with Gasteiger partial charge in [-0.1, -0.05) is 31.2 Å². The fourth-order valence-electron chi connectivity index (χ4n) is 1.53. The second-order valence-electron chi connectivity index (χ2n) is 3.88. The molecule has 1 aromatic carbocycles. The second-order valence-corrected chi connectivity index (χ2v) is 3.88. The monoisotopic (exact) mass is 238 g/mol. The molecular weight excluding hydrogens is 216 g/mol. The van der Waals surface area contributed by atoms with Crippen LogP contribution < -0.4 is 0 Å². The minimum absolute atomic E-state index is 0.318. The third kappa shape index (κ3) is 5.31. The highest BCUT2D eigenvalue weighted by atomic mass is 16.5. The van der Waals surface area contributed by atoms with Crippen LogP contribution in [0.1, 0.15) is 31.1 Å². The van der Waals surface area contributed by atoms with Crippen molar-refractivity contribution in [3.8, 4) is 0 Å². The lowest BCUT2D eigenvalue weighted by Gasteiger charge is -2.12. The van der Waals surface area contributed by atoms with E-state index in [1.807, 2.05) is 31.2 Å². The zero-order chi connectivity index (χ0) is 12.5. The normalized spacial score (nSPS) is 12.6. The fraction of sp³-hybridized carbons (Fsp3) is 0.571. The summed E-state index contributed by atoms with van der Waals surface area (Å²) < 4.78 is 10.5. The van der Waals surface area contributed by atoms with Crippen LogP contribution in [0.3, 0.4) is 0 Å². The van der Waals surface area contributed by atoms with Gasteiger partial charge < -0.3 is 14.6 Å². The first kappa shape index (κ1) is 14.2. The number of benzene rings is 1. The van der Waals surface area contributed by atoms with Crippen molar-refractivity contribution < 1.29 is 14.6 Å². The average molecular weight is 238 g/mol. The van der Waals surface area contributed by atoms with Crippen molar-refractivity contribution in [2.75, 3.05) is 26.4 Å². The molecule has 17 heavy (non-hydrogen) atoms. The topological polar surface area (TPSA) is 38.7 Å². The largest absolute Gasteiger partial charge is 0.386 e. The van der Waals surface area contributed by atoms with E-state index in [0.717, 1.165) is 12.0 Å². The quantitative estimate of drug-likeness (QED) is 0.706. The van der Waals surface area contributed by atoms with Gasteiger partial charge in [0.15, 0.2) is 0 Å². The van der Waals surface area contributed by atoms with Crippen molar-refractivity contribution in [2.24, 2.45) is 0 Å². The molecule has 0 saturated carbocycles. The molecule has 0 amide bonds. The first-order valence-corrected chi connectivity index (χ1v) is 6.20. The van der Waals surface area contributed by atoms with E-state index in [-0.39, 0.29) is 0 Å². The van der Waals surface area contributed by atoms with Crippen LogP contribution in [-0.4, -0.2) is 31.5 Å². The molecule has 0 aliphatic heterocycles. The van der Waals surface area contributed by atoms with Crippen LogP contribution in [0.2, 0.25) is 0 Å². The number of hydrogen-bond donors (Lipinski definition) is 1. The van der Waals surface area contributed by atoms with E-state index in [1.54, 1.807) is 0 Å². The molecule has 1 aromatic rings. The maximum Gasteiger partial charge on any atom is 0.102 e. The van der Waals surface area contributed by atoms with Crippen LogP contribution >= 0.6 is 0 Å². The SMILES string of the molecule is CCOCCOCC(O)c1ccc(CC)cc1. The average Bonchev–Trinajstić information content (AvgIpc) is 2.38. The lowest BCUT2D eigenvalue weighted by atomic mass is 10.1. The summed E-state index contributed by atoms with van der Waals surface area (Å²) in [6.07, 6.45) is 0.462. The van der Waals surface area contributed by atoms with Gasteiger partial charge >= 0.3 is 0 Å². The molecular formula is C14H22O3. The first-order valence-electron chi connectivity index (χ1n) is 6.20. The van der Waals surface area contributed by atoms with Gasteiger partial charge in [0.2, 0.25) is 0 Å². The molecule has 3 nitrogen and oxygen atoms in total. The summed E-state index contributed by atoms with van der Waals surface area (Å²) >= 11 is 0. The van der Waals surface area contributed by atoms with Gasteiger partial charge in [-0.3, -0.25) is 0 Å². The van der Waals surface area contributed by atoms with E-state index in [4.69, 9.17) is 9.47 Å². The van der Waals surface area contributed by atoms with Gasteiger partial charge in [-0.15, -0.1) is 0 Å². The van der Waals surface area contributed by atoms with E-state index in [1.165, 1.54) is 5.56 Å². The Balaban J connectivity index is 2.28. The minimum Gasteiger partial charge on any atom is -0.386 e. The number of aliphatic hydroxyl groups excluding tert-OH is 1. The molecule has 1 unspecified atom stereocenters.